The van der Waals surface area contributed by atoms with Crippen molar-refractivity contribution in [3.8, 4) is 0 Å². The monoisotopic (exact) mass is 296 g/mol. The Labute approximate surface area is 122 Å². The van der Waals surface area contributed by atoms with E-state index in [1.54, 1.807) is 16.5 Å². The zero-order chi connectivity index (χ0) is 15.2. The molecule has 8 heteroatoms. The minimum Gasteiger partial charge on any atom is -0.476 e. The van der Waals surface area contributed by atoms with E-state index in [-0.39, 0.29) is 17.8 Å². The summed E-state index contributed by atoms with van der Waals surface area (Å²) in [4.78, 5) is 28.2. The number of carbonyl (C=O) groups excluding carboxylic acids is 1. The molecule has 21 heavy (non-hydrogen) atoms. The van der Waals surface area contributed by atoms with Gasteiger partial charge in [-0.1, -0.05) is 0 Å². The maximum atomic E-state index is 12.0. The number of imidazole rings is 1. The van der Waals surface area contributed by atoms with Crippen molar-refractivity contribution in [1.82, 2.24) is 19.8 Å². The number of nitrogens with one attached hydrogen (secondary N) is 1. The Morgan fingerprint density at radius 3 is 2.86 bits per heavy atom. The first-order chi connectivity index (χ1) is 10.1. The highest BCUT2D eigenvalue weighted by atomic mass is 16.5. The molecule has 1 aromatic rings. The number of amides is 2. The van der Waals surface area contributed by atoms with Crippen LogP contribution in [0.25, 0.3) is 0 Å². The molecule has 0 aromatic carbocycles. The largest absolute Gasteiger partial charge is 0.476 e. The molecule has 2 amide bonds. The van der Waals surface area contributed by atoms with Crippen LogP contribution in [-0.2, 0) is 11.3 Å². The van der Waals surface area contributed by atoms with Crippen molar-refractivity contribution >= 4 is 12.0 Å². The number of aromatic carboxylic acids is 1. The molecule has 0 radical (unpaired) electrons. The number of urea groups is 1. The highest BCUT2D eigenvalue weighted by Gasteiger charge is 2.21. The van der Waals surface area contributed by atoms with E-state index in [9.17, 15) is 9.59 Å². The number of ether oxygens (including phenoxy) is 1. The molecular formula is C13H20N4O4. The third-order valence-corrected chi connectivity index (χ3v) is 3.56. The van der Waals surface area contributed by atoms with E-state index in [2.05, 4.69) is 10.3 Å². The van der Waals surface area contributed by atoms with Crippen LogP contribution in [0, 0.1) is 0 Å². The molecule has 8 nitrogen and oxygen atoms in total. The van der Waals surface area contributed by atoms with Crippen LogP contribution < -0.4 is 5.32 Å². The van der Waals surface area contributed by atoms with Gasteiger partial charge in [0.2, 0.25) is 0 Å². The Balaban J connectivity index is 1.74. The van der Waals surface area contributed by atoms with Gasteiger partial charge in [0.25, 0.3) is 0 Å². The van der Waals surface area contributed by atoms with Gasteiger partial charge in [-0.2, -0.15) is 0 Å². The topological polar surface area (TPSA) is 96.7 Å². The summed E-state index contributed by atoms with van der Waals surface area (Å²) in [6, 6.07) is 0.0890. The van der Waals surface area contributed by atoms with Gasteiger partial charge in [0, 0.05) is 45.6 Å². The fraction of sp³-hybridized carbons (Fsp3) is 0.615. The molecule has 0 bridgehead atoms. The number of nitrogens with zero attached hydrogens (tertiary/aromatic N) is 3. The lowest BCUT2D eigenvalue weighted by Gasteiger charge is -2.31. The molecule has 116 valence electrons. The third kappa shape index (κ3) is 4.19. The number of aromatic nitrogens is 2. The summed E-state index contributed by atoms with van der Waals surface area (Å²) in [5, 5.41) is 11.6. The first kappa shape index (κ1) is 15.3. The van der Waals surface area contributed by atoms with Crippen molar-refractivity contribution < 1.29 is 19.4 Å². The molecule has 0 aliphatic carbocycles. The van der Waals surface area contributed by atoms with Gasteiger partial charge in [0.1, 0.15) is 0 Å². The molecule has 0 spiro atoms. The second kappa shape index (κ2) is 7.07. The molecule has 2 rings (SSSR count). The quantitative estimate of drug-likeness (QED) is 0.820. The van der Waals surface area contributed by atoms with Crippen molar-refractivity contribution in [3.63, 3.8) is 0 Å². The fourth-order valence-electron chi connectivity index (χ4n) is 2.25. The zero-order valence-corrected chi connectivity index (χ0v) is 12.0. The van der Waals surface area contributed by atoms with E-state index in [0.717, 1.165) is 12.8 Å². The minimum atomic E-state index is -1.06. The normalized spacial score (nSPS) is 15.7. The Morgan fingerprint density at radius 1 is 1.52 bits per heavy atom. The van der Waals surface area contributed by atoms with Gasteiger partial charge in [-0.15, -0.1) is 0 Å². The predicted octanol–water partition coefficient (Wildman–Crippen LogP) is 0.402. The molecule has 2 heterocycles. The lowest BCUT2D eigenvalue weighted by atomic mass is 10.1. The van der Waals surface area contributed by atoms with Gasteiger partial charge >= 0.3 is 12.0 Å². The molecule has 2 N–H and O–H groups in total. The van der Waals surface area contributed by atoms with E-state index in [1.165, 1.54) is 12.5 Å². The summed E-state index contributed by atoms with van der Waals surface area (Å²) in [5.41, 5.74) is 0.000602. The second-order valence-corrected chi connectivity index (χ2v) is 4.99. The van der Waals surface area contributed by atoms with Gasteiger partial charge in [0.15, 0.2) is 5.69 Å². The Bertz CT molecular complexity index is 496. The first-order valence-electron chi connectivity index (χ1n) is 6.91. The summed E-state index contributed by atoms with van der Waals surface area (Å²) in [6.07, 6.45) is 4.59. The number of hydrogen-bond donors (Lipinski definition) is 2. The SMILES string of the molecule is CN(C(=O)NCCn1cnc(C(=O)O)c1)C1CCOCC1. The van der Waals surface area contributed by atoms with Crippen LogP contribution in [0.4, 0.5) is 4.79 Å². The van der Waals surface area contributed by atoms with Crippen molar-refractivity contribution in [2.45, 2.75) is 25.4 Å². The third-order valence-electron chi connectivity index (χ3n) is 3.56. The van der Waals surface area contributed by atoms with E-state index in [1.807, 2.05) is 0 Å². The number of carboxylic acids is 1. The minimum absolute atomic E-state index is 0.000602. The van der Waals surface area contributed by atoms with Gasteiger partial charge in [0.05, 0.1) is 6.33 Å². The average Bonchev–Trinajstić information content (AvgIpc) is 2.96. The molecule has 0 unspecified atom stereocenters. The Morgan fingerprint density at radius 2 is 2.24 bits per heavy atom. The van der Waals surface area contributed by atoms with Gasteiger partial charge in [-0.25, -0.2) is 14.6 Å². The number of carboxylic acid groups (broad SMARTS) is 1. The molecular weight excluding hydrogens is 276 g/mol. The summed E-state index contributed by atoms with van der Waals surface area (Å²) in [7, 11) is 1.78. The summed E-state index contributed by atoms with van der Waals surface area (Å²) < 4.78 is 6.91. The lowest BCUT2D eigenvalue weighted by Crippen LogP contribution is -2.46. The van der Waals surface area contributed by atoms with Crippen LogP contribution in [0.3, 0.4) is 0 Å². The van der Waals surface area contributed by atoms with Crippen LogP contribution in [0.1, 0.15) is 23.3 Å². The molecule has 1 aliphatic rings. The summed E-state index contributed by atoms with van der Waals surface area (Å²) in [6.45, 7) is 2.28. The Kier molecular flexibility index (Phi) is 5.15. The highest BCUT2D eigenvalue weighted by molar-refractivity contribution is 5.84. The fourth-order valence-corrected chi connectivity index (χ4v) is 2.25. The maximum Gasteiger partial charge on any atom is 0.356 e. The summed E-state index contributed by atoms with van der Waals surface area (Å²) in [5.74, 6) is -1.06. The highest BCUT2D eigenvalue weighted by Crippen LogP contribution is 2.12. The van der Waals surface area contributed by atoms with Crippen LogP contribution in [0.2, 0.25) is 0 Å². The molecule has 0 atom stereocenters. The lowest BCUT2D eigenvalue weighted by molar-refractivity contribution is 0.0526. The molecule has 1 saturated heterocycles. The number of carbonyl (C=O) groups is 2. The van der Waals surface area contributed by atoms with E-state index < -0.39 is 5.97 Å². The van der Waals surface area contributed by atoms with Gasteiger partial charge in [-0.3, -0.25) is 0 Å². The van der Waals surface area contributed by atoms with Crippen LogP contribution in [0.15, 0.2) is 12.5 Å². The maximum absolute atomic E-state index is 12.0. The predicted molar refractivity (Wildman–Crippen MR) is 74.2 cm³/mol. The standard InChI is InChI=1S/C13H20N4O4/c1-16(10-2-6-21-7-3-10)13(20)14-4-5-17-8-11(12(18)19)15-9-17/h8-10H,2-7H2,1H3,(H,14,20)(H,18,19). The van der Waals surface area contributed by atoms with Crippen LogP contribution in [-0.4, -0.2) is 64.4 Å². The number of rotatable bonds is 5. The smallest absolute Gasteiger partial charge is 0.356 e. The average molecular weight is 296 g/mol. The van der Waals surface area contributed by atoms with Gasteiger partial charge < -0.3 is 24.6 Å². The van der Waals surface area contributed by atoms with E-state index in [0.29, 0.717) is 26.3 Å². The molecule has 1 aliphatic heterocycles. The molecule has 1 fully saturated rings. The van der Waals surface area contributed by atoms with E-state index in [4.69, 9.17) is 9.84 Å². The van der Waals surface area contributed by atoms with Crippen molar-refractivity contribution in [1.29, 1.82) is 0 Å². The Hall–Kier alpha value is -2.09. The first-order valence-corrected chi connectivity index (χ1v) is 6.91. The van der Waals surface area contributed by atoms with Crippen LogP contribution >= 0.6 is 0 Å². The van der Waals surface area contributed by atoms with E-state index >= 15 is 0 Å². The van der Waals surface area contributed by atoms with Crippen molar-refractivity contribution in [2.24, 2.45) is 0 Å². The number of hydrogen-bond acceptors (Lipinski definition) is 4. The zero-order valence-electron chi connectivity index (χ0n) is 12.0. The summed E-state index contributed by atoms with van der Waals surface area (Å²) >= 11 is 0. The van der Waals surface area contributed by atoms with Gasteiger partial charge in [-0.05, 0) is 12.8 Å². The van der Waals surface area contributed by atoms with Crippen LogP contribution in [0.5, 0.6) is 0 Å². The molecule has 1 aromatic heterocycles. The van der Waals surface area contributed by atoms with Crippen molar-refractivity contribution in [2.75, 3.05) is 26.8 Å². The molecule has 0 saturated carbocycles. The van der Waals surface area contributed by atoms with Crippen molar-refractivity contribution in [3.05, 3.63) is 18.2 Å². The second-order valence-electron chi connectivity index (χ2n) is 4.99.